The van der Waals surface area contributed by atoms with Crippen LogP contribution in [0.25, 0.3) is 0 Å². The van der Waals surface area contributed by atoms with Crippen molar-refractivity contribution < 1.29 is 0 Å². The second-order valence-corrected chi connectivity index (χ2v) is 5.57. The molecule has 1 saturated heterocycles. The molecule has 1 fully saturated rings. The highest BCUT2D eigenvalue weighted by Crippen LogP contribution is 2.32. The van der Waals surface area contributed by atoms with E-state index in [0.717, 1.165) is 13.1 Å². The maximum atomic E-state index is 6.00. The van der Waals surface area contributed by atoms with Crippen molar-refractivity contribution in [3.63, 3.8) is 0 Å². The third kappa shape index (κ3) is 2.44. The molecule has 1 aliphatic rings. The summed E-state index contributed by atoms with van der Waals surface area (Å²) in [4.78, 5) is 2.58. The van der Waals surface area contributed by atoms with Crippen LogP contribution >= 0.6 is 11.8 Å². The van der Waals surface area contributed by atoms with E-state index in [9.17, 15) is 0 Å². The summed E-state index contributed by atoms with van der Waals surface area (Å²) in [5.41, 5.74) is 6.28. The van der Waals surface area contributed by atoms with Crippen LogP contribution in [0.1, 0.15) is 33.6 Å². The monoisotopic (exact) mass is 216 g/mol. The number of nitrogens with two attached hydrogens (primary N) is 1. The van der Waals surface area contributed by atoms with Gasteiger partial charge in [-0.2, -0.15) is 11.8 Å². The van der Waals surface area contributed by atoms with Gasteiger partial charge in [0.15, 0.2) is 0 Å². The van der Waals surface area contributed by atoms with Crippen molar-refractivity contribution >= 4 is 11.8 Å². The first kappa shape index (κ1) is 12.3. The minimum absolute atomic E-state index is 0.284. The molecule has 0 spiro atoms. The van der Waals surface area contributed by atoms with Crippen molar-refractivity contribution in [2.75, 3.05) is 24.6 Å². The fourth-order valence-corrected chi connectivity index (χ4v) is 3.89. The van der Waals surface area contributed by atoms with Crippen molar-refractivity contribution in [3.05, 3.63) is 0 Å². The first-order chi connectivity index (χ1) is 6.66. The molecule has 0 bridgehead atoms. The average molecular weight is 216 g/mol. The molecule has 1 atom stereocenters. The quantitative estimate of drug-likeness (QED) is 0.779. The molecule has 0 amide bonds. The molecule has 1 heterocycles. The number of hydrogen-bond acceptors (Lipinski definition) is 3. The number of likely N-dealkylation sites (N-methyl/N-ethyl adjacent to an activating group) is 1. The summed E-state index contributed by atoms with van der Waals surface area (Å²) in [6.07, 6.45) is 2.60. The lowest BCUT2D eigenvalue weighted by Gasteiger charge is -2.47. The smallest absolute Gasteiger partial charge is 0.0424 e. The normalized spacial score (nSPS) is 28.7. The third-order valence-electron chi connectivity index (χ3n) is 3.25. The molecule has 84 valence electrons. The Morgan fingerprint density at radius 2 is 2.21 bits per heavy atom. The first-order valence-electron chi connectivity index (χ1n) is 5.71. The van der Waals surface area contributed by atoms with Crippen LogP contribution in [0.4, 0.5) is 0 Å². The molecular weight excluding hydrogens is 192 g/mol. The highest BCUT2D eigenvalue weighted by Gasteiger charge is 2.37. The van der Waals surface area contributed by atoms with Gasteiger partial charge in [-0.05, 0) is 39.0 Å². The summed E-state index contributed by atoms with van der Waals surface area (Å²) in [7, 11) is 0. The Morgan fingerprint density at radius 1 is 1.50 bits per heavy atom. The molecule has 2 nitrogen and oxygen atoms in total. The number of nitrogens with zero attached hydrogens (tertiary/aromatic N) is 1. The molecule has 0 aromatic rings. The van der Waals surface area contributed by atoms with E-state index in [1.54, 1.807) is 0 Å². The fourth-order valence-electron chi connectivity index (χ4n) is 2.59. The summed E-state index contributed by atoms with van der Waals surface area (Å²) in [5.74, 6) is 2.53. The van der Waals surface area contributed by atoms with E-state index < -0.39 is 0 Å². The van der Waals surface area contributed by atoms with E-state index >= 15 is 0 Å². The van der Waals surface area contributed by atoms with Crippen LogP contribution in [0.15, 0.2) is 0 Å². The third-order valence-corrected chi connectivity index (χ3v) is 4.57. The summed E-state index contributed by atoms with van der Waals surface area (Å²) in [6.45, 7) is 8.73. The second-order valence-electron chi connectivity index (χ2n) is 4.46. The van der Waals surface area contributed by atoms with Gasteiger partial charge in [0.25, 0.3) is 0 Å². The zero-order valence-corrected chi connectivity index (χ0v) is 10.6. The van der Waals surface area contributed by atoms with Crippen molar-refractivity contribution in [1.29, 1.82) is 0 Å². The van der Waals surface area contributed by atoms with E-state index in [1.807, 2.05) is 0 Å². The summed E-state index contributed by atoms with van der Waals surface area (Å²) < 4.78 is 0. The van der Waals surface area contributed by atoms with Gasteiger partial charge >= 0.3 is 0 Å². The van der Waals surface area contributed by atoms with Gasteiger partial charge in [-0.1, -0.05) is 6.92 Å². The zero-order chi connectivity index (χ0) is 10.6. The summed E-state index contributed by atoms with van der Waals surface area (Å²) >= 11 is 2.07. The fraction of sp³-hybridized carbons (Fsp3) is 1.00. The van der Waals surface area contributed by atoms with E-state index in [1.165, 1.54) is 24.3 Å². The van der Waals surface area contributed by atoms with E-state index in [4.69, 9.17) is 5.73 Å². The van der Waals surface area contributed by atoms with E-state index in [-0.39, 0.29) is 5.54 Å². The van der Waals surface area contributed by atoms with Gasteiger partial charge in [0.2, 0.25) is 0 Å². The van der Waals surface area contributed by atoms with Gasteiger partial charge in [-0.3, -0.25) is 4.90 Å². The minimum Gasteiger partial charge on any atom is -0.329 e. The van der Waals surface area contributed by atoms with Crippen molar-refractivity contribution in [3.8, 4) is 0 Å². The van der Waals surface area contributed by atoms with Crippen LogP contribution in [0.3, 0.4) is 0 Å². The lowest BCUT2D eigenvalue weighted by Crippen LogP contribution is -2.59. The minimum atomic E-state index is 0.284. The van der Waals surface area contributed by atoms with Gasteiger partial charge in [-0.25, -0.2) is 0 Å². The van der Waals surface area contributed by atoms with Crippen molar-refractivity contribution in [2.45, 2.75) is 45.2 Å². The first-order valence-corrected chi connectivity index (χ1v) is 6.86. The molecular formula is C11H24N2S. The molecule has 14 heavy (non-hydrogen) atoms. The van der Waals surface area contributed by atoms with Crippen LogP contribution < -0.4 is 5.73 Å². The van der Waals surface area contributed by atoms with Gasteiger partial charge in [-0.15, -0.1) is 0 Å². The molecule has 3 heteroatoms. The van der Waals surface area contributed by atoms with Crippen LogP contribution in [0.5, 0.6) is 0 Å². The molecule has 0 aromatic carbocycles. The highest BCUT2D eigenvalue weighted by molar-refractivity contribution is 7.99. The topological polar surface area (TPSA) is 29.3 Å². The van der Waals surface area contributed by atoms with Gasteiger partial charge in [0.05, 0.1) is 0 Å². The molecule has 0 aromatic heterocycles. The molecule has 0 aliphatic carbocycles. The average Bonchev–Trinajstić information content (AvgIpc) is 2.19. The Kier molecular flexibility index (Phi) is 4.74. The standard InChI is InChI=1S/C11H24N2S/c1-4-13(10(2)3)11(8-12)6-5-7-14-9-11/h10H,4-9,12H2,1-3H3. The Labute approximate surface area is 92.6 Å². The predicted octanol–water partition coefficient (Wildman–Crippen LogP) is 1.94. The summed E-state index contributed by atoms with van der Waals surface area (Å²) in [5, 5.41) is 0. The van der Waals surface area contributed by atoms with E-state index in [2.05, 4.69) is 37.4 Å². The molecule has 0 radical (unpaired) electrons. The molecule has 1 aliphatic heterocycles. The lowest BCUT2D eigenvalue weighted by atomic mass is 9.91. The lowest BCUT2D eigenvalue weighted by molar-refractivity contribution is 0.0759. The molecule has 0 saturated carbocycles. The zero-order valence-electron chi connectivity index (χ0n) is 9.75. The van der Waals surface area contributed by atoms with Crippen molar-refractivity contribution in [2.24, 2.45) is 5.73 Å². The van der Waals surface area contributed by atoms with Crippen LogP contribution in [-0.4, -0.2) is 41.1 Å². The molecule has 1 rings (SSSR count). The van der Waals surface area contributed by atoms with Crippen molar-refractivity contribution in [1.82, 2.24) is 4.90 Å². The highest BCUT2D eigenvalue weighted by atomic mass is 32.2. The molecule has 2 N–H and O–H groups in total. The SMILES string of the molecule is CCN(C(C)C)C1(CN)CCCSC1. The maximum Gasteiger partial charge on any atom is 0.0424 e. The van der Waals surface area contributed by atoms with Crippen LogP contribution in [0.2, 0.25) is 0 Å². The van der Waals surface area contributed by atoms with E-state index in [0.29, 0.717) is 6.04 Å². The Hall–Kier alpha value is 0.270. The van der Waals surface area contributed by atoms with Gasteiger partial charge in [0, 0.05) is 23.9 Å². The van der Waals surface area contributed by atoms with Crippen LogP contribution in [0, 0.1) is 0 Å². The Balaban J connectivity index is 2.74. The Bertz CT molecular complexity index is 165. The summed E-state index contributed by atoms with van der Waals surface area (Å²) in [6, 6.07) is 0.613. The second kappa shape index (κ2) is 5.38. The Morgan fingerprint density at radius 3 is 2.57 bits per heavy atom. The number of hydrogen-bond donors (Lipinski definition) is 1. The predicted molar refractivity (Wildman–Crippen MR) is 65.9 cm³/mol. The number of rotatable bonds is 4. The number of thioether (sulfide) groups is 1. The molecule has 1 unspecified atom stereocenters. The van der Waals surface area contributed by atoms with Gasteiger partial charge in [0.1, 0.15) is 0 Å². The maximum absolute atomic E-state index is 6.00. The van der Waals surface area contributed by atoms with Gasteiger partial charge < -0.3 is 5.73 Å². The largest absolute Gasteiger partial charge is 0.329 e. The van der Waals surface area contributed by atoms with Crippen LogP contribution in [-0.2, 0) is 0 Å².